The number of hydrogen-bond acceptors (Lipinski definition) is 3. The first-order valence-electron chi connectivity index (χ1n) is 6.74. The number of nitrogens with zero attached hydrogens (tertiary/aromatic N) is 2. The van der Waals surface area contributed by atoms with Crippen molar-refractivity contribution < 1.29 is 5.11 Å². The predicted molar refractivity (Wildman–Crippen MR) is 82.9 cm³/mol. The molecule has 3 aromatic rings. The molecule has 0 aliphatic heterocycles. The smallest absolute Gasteiger partial charge is 0.108 e. The van der Waals surface area contributed by atoms with E-state index in [1.54, 1.807) is 17.5 Å². The molecule has 1 unspecified atom stereocenters. The van der Waals surface area contributed by atoms with Crippen molar-refractivity contribution in [2.45, 2.75) is 25.4 Å². The average molecular weight is 286 g/mol. The maximum absolute atomic E-state index is 10.7. The molecule has 0 aliphatic carbocycles. The molecule has 2 aromatic heterocycles. The summed E-state index contributed by atoms with van der Waals surface area (Å²) in [6.45, 7) is 1.89. The monoisotopic (exact) mass is 286 g/mol. The Kier molecular flexibility index (Phi) is 3.36. The molecule has 2 heterocycles. The highest BCUT2D eigenvalue weighted by Crippen LogP contribution is 2.35. The molecule has 1 aromatic carbocycles. The second-order valence-electron chi connectivity index (χ2n) is 5.38. The topological polar surface area (TPSA) is 38.0 Å². The molecule has 1 atom stereocenters. The van der Waals surface area contributed by atoms with Crippen LogP contribution in [-0.2, 0) is 19.1 Å². The molecule has 0 radical (unpaired) electrons. The fourth-order valence-electron chi connectivity index (χ4n) is 2.36. The first-order valence-corrected chi connectivity index (χ1v) is 7.55. The van der Waals surface area contributed by atoms with Crippen molar-refractivity contribution in [2.24, 2.45) is 7.05 Å². The minimum absolute atomic E-state index is 0.671. The third kappa shape index (κ3) is 2.49. The Balaban J connectivity index is 1.82. The number of benzene rings is 1. The molecule has 3 nitrogen and oxygen atoms in total. The molecule has 0 fully saturated rings. The third-order valence-corrected chi connectivity index (χ3v) is 5.08. The van der Waals surface area contributed by atoms with Gasteiger partial charge in [-0.2, -0.15) is 0 Å². The molecule has 104 valence electrons. The molecule has 4 heteroatoms. The van der Waals surface area contributed by atoms with Gasteiger partial charge in [0.1, 0.15) is 5.82 Å². The fourth-order valence-corrected chi connectivity index (χ4v) is 3.50. The number of hydrogen-bond donors (Lipinski definition) is 1. The van der Waals surface area contributed by atoms with E-state index in [1.807, 2.05) is 36.9 Å². The van der Waals surface area contributed by atoms with E-state index >= 15 is 0 Å². The molecule has 0 spiro atoms. The number of fused-ring (bicyclic) bond motifs is 1. The fraction of sp³-hybridized carbons (Fsp3) is 0.312. The van der Waals surface area contributed by atoms with Gasteiger partial charge in [-0.25, -0.2) is 4.98 Å². The van der Waals surface area contributed by atoms with Crippen LogP contribution in [0.2, 0.25) is 0 Å². The number of aliphatic hydroxyl groups is 1. The van der Waals surface area contributed by atoms with Crippen molar-refractivity contribution in [1.82, 2.24) is 9.55 Å². The first-order chi connectivity index (χ1) is 9.56. The molecule has 0 saturated carbocycles. The Hall–Kier alpha value is -1.65. The third-order valence-electron chi connectivity index (χ3n) is 3.71. The molecule has 3 rings (SSSR count). The van der Waals surface area contributed by atoms with Crippen molar-refractivity contribution in [1.29, 1.82) is 0 Å². The van der Waals surface area contributed by atoms with E-state index in [0.29, 0.717) is 6.42 Å². The van der Waals surface area contributed by atoms with E-state index in [1.165, 1.54) is 10.1 Å². The van der Waals surface area contributed by atoms with Crippen molar-refractivity contribution in [3.63, 3.8) is 0 Å². The van der Waals surface area contributed by atoms with Crippen LogP contribution in [0.4, 0.5) is 0 Å². The number of thiophene rings is 1. The van der Waals surface area contributed by atoms with Crippen LogP contribution in [0.3, 0.4) is 0 Å². The normalized spacial score (nSPS) is 14.6. The number of aromatic nitrogens is 2. The molecule has 0 amide bonds. The number of rotatable bonds is 4. The Morgan fingerprint density at radius 3 is 2.85 bits per heavy atom. The largest absolute Gasteiger partial charge is 0.385 e. The first kappa shape index (κ1) is 13.3. The van der Waals surface area contributed by atoms with Crippen molar-refractivity contribution in [2.75, 3.05) is 0 Å². The van der Waals surface area contributed by atoms with Gasteiger partial charge in [0.2, 0.25) is 0 Å². The van der Waals surface area contributed by atoms with Gasteiger partial charge in [0.25, 0.3) is 0 Å². The summed E-state index contributed by atoms with van der Waals surface area (Å²) >= 11 is 1.67. The van der Waals surface area contributed by atoms with Gasteiger partial charge in [-0.15, -0.1) is 11.3 Å². The predicted octanol–water partition coefficient (Wildman–Crippen LogP) is 3.48. The second kappa shape index (κ2) is 5.04. The van der Waals surface area contributed by atoms with E-state index in [2.05, 4.69) is 23.2 Å². The summed E-state index contributed by atoms with van der Waals surface area (Å²) in [6.07, 6.45) is 5.17. The van der Waals surface area contributed by atoms with Crippen LogP contribution in [0.25, 0.3) is 10.1 Å². The molecule has 20 heavy (non-hydrogen) atoms. The zero-order valence-electron chi connectivity index (χ0n) is 11.7. The van der Waals surface area contributed by atoms with Crippen molar-refractivity contribution >= 4 is 21.4 Å². The lowest BCUT2D eigenvalue weighted by Gasteiger charge is -2.21. The van der Waals surface area contributed by atoms with Gasteiger partial charge in [-0.05, 0) is 30.9 Å². The summed E-state index contributed by atoms with van der Waals surface area (Å²) in [4.78, 5) is 5.33. The summed E-state index contributed by atoms with van der Waals surface area (Å²) in [5.41, 5.74) is -0.810. The minimum atomic E-state index is -0.810. The van der Waals surface area contributed by atoms with E-state index in [-0.39, 0.29) is 0 Å². The molecule has 0 bridgehead atoms. The maximum atomic E-state index is 10.7. The summed E-state index contributed by atoms with van der Waals surface area (Å²) in [6, 6.07) is 10.3. The molecule has 0 saturated heterocycles. The van der Waals surface area contributed by atoms with E-state index in [0.717, 1.165) is 17.1 Å². The number of imidazole rings is 1. The average Bonchev–Trinajstić information content (AvgIpc) is 3.02. The highest BCUT2D eigenvalue weighted by molar-refractivity contribution is 7.19. The molecular formula is C16H18N2OS. The van der Waals surface area contributed by atoms with Gasteiger partial charge in [0.05, 0.1) is 5.60 Å². The van der Waals surface area contributed by atoms with Crippen LogP contribution in [-0.4, -0.2) is 14.7 Å². The summed E-state index contributed by atoms with van der Waals surface area (Å²) < 4.78 is 3.22. The van der Waals surface area contributed by atoms with Crippen LogP contribution in [0.15, 0.2) is 42.7 Å². The lowest BCUT2D eigenvalue weighted by atomic mass is 9.97. The summed E-state index contributed by atoms with van der Waals surface area (Å²) in [7, 11) is 1.98. The van der Waals surface area contributed by atoms with Gasteiger partial charge in [-0.1, -0.05) is 18.2 Å². The second-order valence-corrected chi connectivity index (χ2v) is 6.46. The zero-order valence-corrected chi connectivity index (χ0v) is 12.5. The van der Waals surface area contributed by atoms with Gasteiger partial charge in [-0.3, -0.25) is 0 Å². The minimum Gasteiger partial charge on any atom is -0.385 e. The van der Waals surface area contributed by atoms with Gasteiger partial charge >= 0.3 is 0 Å². The van der Waals surface area contributed by atoms with Crippen LogP contribution < -0.4 is 0 Å². The lowest BCUT2D eigenvalue weighted by Crippen LogP contribution is -2.21. The SMILES string of the molecule is Cn1ccnc1CCC(C)(O)c1cc2ccccc2s1. The Labute approximate surface area is 122 Å². The zero-order chi connectivity index (χ0) is 14.2. The summed E-state index contributed by atoms with van der Waals surface area (Å²) in [5, 5.41) is 11.9. The lowest BCUT2D eigenvalue weighted by molar-refractivity contribution is 0.0512. The summed E-state index contributed by atoms with van der Waals surface area (Å²) in [5.74, 6) is 1.01. The van der Waals surface area contributed by atoms with Crippen LogP contribution >= 0.6 is 11.3 Å². The van der Waals surface area contributed by atoms with Gasteiger partial charge in [0, 0.05) is 35.4 Å². The van der Waals surface area contributed by atoms with E-state index < -0.39 is 5.60 Å². The molecule has 1 N–H and O–H groups in total. The maximum Gasteiger partial charge on any atom is 0.108 e. The Bertz CT molecular complexity index is 694. The van der Waals surface area contributed by atoms with Crippen molar-refractivity contribution in [3.05, 3.63) is 53.4 Å². The Morgan fingerprint density at radius 1 is 1.35 bits per heavy atom. The quantitative estimate of drug-likeness (QED) is 0.797. The molecule has 0 aliphatic rings. The van der Waals surface area contributed by atoms with Crippen LogP contribution in [0, 0.1) is 0 Å². The van der Waals surface area contributed by atoms with Crippen molar-refractivity contribution in [3.8, 4) is 0 Å². The van der Waals surface area contributed by atoms with Crippen LogP contribution in [0.5, 0.6) is 0 Å². The molecular weight excluding hydrogens is 268 g/mol. The van der Waals surface area contributed by atoms with Crippen LogP contribution in [0.1, 0.15) is 24.0 Å². The van der Waals surface area contributed by atoms with Gasteiger partial charge < -0.3 is 9.67 Å². The number of aryl methyl sites for hydroxylation is 2. The highest BCUT2D eigenvalue weighted by atomic mass is 32.1. The van der Waals surface area contributed by atoms with E-state index in [9.17, 15) is 5.11 Å². The Morgan fingerprint density at radius 2 is 2.15 bits per heavy atom. The highest BCUT2D eigenvalue weighted by Gasteiger charge is 2.25. The van der Waals surface area contributed by atoms with Gasteiger partial charge in [0.15, 0.2) is 0 Å². The van der Waals surface area contributed by atoms with E-state index in [4.69, 9.17) is 0 Å². The standard InChI is InChI=1S/C16H18N2OS/c1-16(19,8-7-15-17-9-10-18(15)2)14-11-12-5-3-4-6-13(12)20-14/h3-6,9-11,19H,7-8H2,1-2H3.